The van der Waals surface area contributed by atoms with Gasteiger partial charge in [0.15, 0.2) is 5.78 Å². The second-order valence-electron chi connectivity index (χ2n) is 5.94. The fraction of sp³-hybridized carbons (Fsp3) is 0.381. The van der Waals surface area contributed by atoms with Gasteiger partial charge in [-0.05, 0) is 24.9 Å². The molecule has 2 rings (SSSR count). The second-order valence-corrected chi connectivity index (χ2v) is 5.94. The Kier molecular flexibility index (Phi) is 8.32. The molecule has 0 saturated heterocycles. The van der Waals surface area contributed by atoms with Crippen molar-refractivity contribution in [3.05, 3.63) is 71.8 Å². The predicted molar refractivity (Wildman–Crippen MR) is 99.7 cm³/mol. The van der Waals surface area contributed by atoms with Crippen LogP contribution in [0.15, 0.2) is 60.7 Å². The van der Waals surface area contributed by atoms with Gasteiger partial charge in [-0.15, -0.1) is 0 Å². The Hall–Kier alpha value is -2.01. The summed E-state index contributed by atoms with van der Waals surface area (Å²) in [4.78, 5) is 13.1. The minimum atomic E-state index is -0.636. The van der Waals surface area contributed by atoms with Crippen LogP contribution >= 0.6 is 0 Å². The van der Waals surface area contributed by atoms with Gasteiger partial charge in [-0.25, -0.2) is 0 Å². The molecule has 2 N–H and O–H groups in total. The van der Waals surface area contributed by atoms with E-state index < -0.39 is 6.10 Å². The summed E-state index contributed by atoms with van der Waals surface area (Å²) in [7, 11) is 0. The Balaban J connectivity index is 2.30. The van der Waals surface area contributed by atoms with Crippen LogP contribution in [0, 0.1) is 0 Å². The number of aliphatic hydroxyl groups is 1. The monoisotopic (exact) mass is 341 g/mol. The maximum Gasteiger partial charge on any atom is 0.193 e. The predicted octanol–water partition coefficient (Wildman–Crippen LogP) is 3.38. The summed E-state index contributed by atoms with van der Waals surface area (Å²) in [6.45, 7) is 3.28. The average Bonchev–Trinajstić information content (AvgIpc) is 2.68. The van der Waals surface area contributed by atoms with E-state index in [1.807, 2.05) is 60.7 Å². The van der Waals surface area contributed by atoms with Crippen molar-refractivity contribution >= 4 is 5.78 Å². The molecule has 4 nitrogen and oxygen atoms in total. The van der Waals surface area contributed by atoms with Gasteiger partial charge in [-0.3, -0.25) is 4.79 Å². The van der Waals surface area contributed by atoms with Crippen LogP contribution in [0.1, 0.15) is 41.7 Å². The topological polar surface area (TPSA) is 58.6 Å². The molecule has 2 unspecified atom stereocenters. The summed E-state index contributed by atoms with van der Waals surface area (Å²) in [5.41, 5.74) is 1.66. The van der Waals surface area contributed by atoms with Crippen molar-refractivity contribution in [1.29, 1.82) is 0 Å². The van der Waals surface area contributed by atoms with Gasteiger partial charge in [0.1, 0.15) is 6.10 Å². The van der Waals surface area contributed by atoms with Gasteiger partial charge in [-0.1, -0.05) is 67.6 Å². The number of rotatable bonds is 11. The molecule has 0 aromatic heterocycles. The fourth-order valence-electron chi connectivity index (χ4n) is 2.72. The summed E-state index contributed by atoms with van der Waals surface area (Å²) < 4.78 is 5.94. The number of benzene rings is 2. The number of hydrogen-bond donors (Lipinski definition) is 2. The zero-order valence-electron chi connectivity index (χ0n) is 14.7. The maximum absolute atomic E-state index is 13.1. The summed E-state index contributed by atoms with van der Waals surface area (Å²) in [5, 5.41) is 12.5. The first-order valence-electron chi connectivity index (χ1n) is 8.88. The van der Waals surface area contributed by atoms with E-state index in [2.05, 4.69) is 12.2 Å². The van der Waals surface area contributed by atoms with E-state index in [9.17, 15) is 4.79 Å². The van der Waals surface area contributed by atoms with Crippen molar-refractivity contribution in [3.63, 3.8) is 0 Å². The lowest BCUT2D eigenvalue weighted by atomic mass is 9.94. The summed E-state index contributed by atoms with van der Waals surface area (Å²) in [6, 6.07) is 18.9. The highest BCUT2D eigenvalue weighted by Gasteiger charge is 2.30. The molecule has 2 atom stereocenters. The zero-order chi connectivity index (χ0) is 17.9. The number of nitrogens with one attached hydrogen (secondary N) is 1. The average molecular weight is 341 g/mol. The van der Waals surface area contributed by atoms with Crippen LogP contribution in [0.2, 0.25) is 0 Å². The molecule has 2 aromatic rings. The molecule has 25 heavy (non-hydrogen) atoms. The van der Waals surface area contributed by atoms with E-state index in [0.29, 0.717) is 18.6 Å². The van der Waals surface area contributed by atoms with Crippen molar-refractivity contribution in [2.75, 3.05) is 19.8 Å². The number of carbonyl (C=O) groups excluding carboxylic acids is 1. The third-order valence-electron chi connectivity index (χ3n) is 3.99. The third-order valence-corrected chi connectivity index (χ3v) is 3.99. The molecule has 0 spiro atoms. The number of ketones is 1. The van der Waals surface area contributed by atoms with Crippen LogP contribution in [0.4, 0.5) is 0 Å². The summed E-state index contributed by atoms with van der Waals surface area (Å²) in [6.07, 6.45) is 0.836. The van der Waals surface area contributed by atoms with E-state index in [4.69, 9.17) is 9.84 Å². The van der Waals surface area contributed by atoms with Crippen molar-refractivity contribution in [2.24, 2.45) is 0 Å². The fourth-order valence-corrected chi connectivity index (χ4v) is 2.72. The zero-order valence-corrected chi connectivity index (χ0v) is 14.7. The molecule has 0 saturated carbocycles. The lowest BCUT2D eigenvalue weighted by molar-refractivity contribution is 0.0201. The SMILES string of the molecule is CCCNC(c1ccccc1)C(OCCCO)C(=O)c1ccccc1. The van der Waals surface area contributed by atoms with Crippen LogP contribution in [0.25, 0.3) is 0 Å². The van der Waals surface area contributed by atoms with Crippen LogP contribution in [0.5, 0.6) is 0 Å². The van der Waals surface area contributed by atoms with Crippen LogP contribution in [0.3, 0.4) is 0 Å². The molecule has 0 aliphatic heterocycles. The molecule has 0 heterocycles. The molecule has 0 aliphatic rings. The van der Waals surface area contributed by atoms with Gasteiger partial charge in [0.2, 0.25) is 0 Å². The van der Waals surface area contributed by atoms with Crippen LogP contribution < -0.4 is 5.32 Å². The smallest absolute Gasteiger partial charge is 0.193 e. The highest BCUT2D eigenvalue weighted by Crippen LogP contribution is 2.23. The second kappa shape index (κ2) is 10.8. The quantitative estimate of drug-likeness (QED) is 0.486. The normalized spacial score (nSPS) is 13.4. The summed E-state index contributed by atoms with van der Waals surface area (Å²) in [5.74, 6) is -0.0454. The van der Waals surface area contributed by atoms with E-state index in [1.54, 1.807) is 0 Å². The van der Waals surface area contributed by atoms with Gasteiger partial charge in [0, 0.05) is 18.8 Å². The molecular formula is C21H27NO3. The Morgan fingerprint density at radius 3 is 2.32 bits per heavy atom. The highest BCUT2D eigenvalue weighted by molar-refractivity contribution is 6.00. The van der Waals surface area contributed by atoms with Gasteiger partial charge in [0.05, 0.1) is 6.04 Å². The van der Waals surface area contributed by atoms with Crippen molar-refractivity contribution in [2.45, 2.75) is 31.9 Å². The van der Waals surface area contributed by atoms with Crippen molar-refractivity contribution < 1.29 is 14.6 Å². The van der Waals surface area contributed by atoms with E-state index in [1.165, 1.54) is 0 Å². The number of ether oxygens (including phenoxy) is 1. The number of Topliss-reactive ketones (excluding diaryl/α,β-unsaturated/α-hetero) is 1. The minimum absolute atomic E-state index is 0.0454. The van der Waals surface area contributed by atoms with Crippen LogP contribution in [-0.4, -0.2) is 36.8 Å². The van der Waals surface area contributed by atoms with Gasteiger partial charge in [-0.2, -0.15) is 0 Å². The van der Waals surface area contributed by atoms with Gasteiger partial charge in [0.25, 0.3) is 0 Å². The first kappa shape index (κ1) is 19.3. The number of aliphatic hydroxyl groups excluding tert-OH is 1. The molecule has 0 radical (unpaired) electrons. The Morgan fingerprint density at radius 2 is 1.72 bits per heavy atom. The maximum atomic E-state index is 13.1. The van der Waals surface area contributed by atoms with Gasteiger partial charge < -0.3 is 15.2 Å². The van der Waals surface area contributed by atoms with E-state index >= 15 is 0 Å². The number of hydrogen-bond acceptors (Lipinski definition) is 4. The van der Waals surface area contributed by atoms with Crippen molar-refractivity contribution in [1.82, 2.24) is 5.32 Å². The van der Waals surface area contributed by atoms with Crippen molar-refractivity contribution in [3.8, 4) is 0 Å². The first-order chi connectivity index (χ1) is 12.3. The molecular weight excluding hydrogens is 314 g/mol. The third kappa shape index (κ3) is 5.78. The largest absolute Gasteiger partial charge is 0.396 e. The Labute approximate surface area is 149 Å². The molecule has 0 amide bonds. The molecule has 0 aliphatic carbocycles. The molecule has 4 heteroatoms. The molecule has 2 aromatic carbocycles. The summed E-state index contributed by atoms with van der Waals surface area (Å²) >= 11 is 0. The Morgan fingerprint density at radius 1 is 1.08 bits per heavy atom. The number of carbonyl (C=O) groups is 1. The lowest BCUT2D eigenvalue weighted by Crippen LogP contribution is -2.40. The van der Waals surface area contributed by atoms with E-state index in [-0.39, 0.29) is 18.4 Å². The van der Waals surface area contributed by atoms with Gasteiger partial charge >= 0.3 is 0 Å². The minimum Gasteiger partial charge on any atom is -0.396 e. The standard InChI is InChI=1S/C21H27NO3/c1-2-14-22-19(17-10-5-3-6-11-17)21(25-16-9-15-23)20(24)18-12-7-4-8-13-18/h3-8,10-13,19,21-23H,2,9,14-16H2,1H3. The molecule has 0 bridgehead atoms. The first-order valence-corrected chi connectivity index (χ1v) is 8.88. The highest BCUT2D eigenvalue weighted by atomic mass is 16.5. The lowest BCUT2D eigenvalue weighted by Gasteiger charge is -2.28. The van der Waals surface area contributed by atoms with Crippen LogP contribution in [-0.2, 0) is 4.74 Å². The van der Waals surface area contributed by atoms with E-state index in [0.717, 1.165) is 18.5 Å². The Bertz CT molecular complexity index is 616. The molecule has 0 fully saturated rings. The molecule has 134 valence electrons.